The van der Waals surface area contributed by atoms with E-state index in [0.717, 1.165) is 5.56 Å². The highest BCUT2D eigenvalue weighted by Gasteiger charge is 2.29. The molecule has 7 heteroatoms. The maximum atomic E-state index is 13.4. The summed E-state index contributed by atoms with van der Waals surface area (Å²) in [7, 11) is -2.98. The van der Waals surface area contributed by atoms with Crippen LogP contribution in [0.4, 0.5) is 10.1 Å². The second kappa shape index (κ2) is 5.81. The molecular formula is C13H15BrFNO3S. The Morgan fingerprint density at radius 1 is 1.50 bits per heavy atom. The molecule has 2 rings (SSSR count). The Labute approximate surface area is 125 Å². The molecule has 0 bridgehead atoms. The average molecular weight is 364 g/mol. The molecule has 1 aliphatic heterocycles. The van der Waals surface area contributed by atoms with E-state index in [2.05, 4.69) is 21.2 Å². The van der Waals surface area contributed by atoms with Crippen molar-refractivity contribution in [3.05, 3.63) is 28.0 Å². The van der Waals surface area contributed by atoms with E-state index in [1.165, 1.54) is 6.07 Å². The summed E-state index contributed by atoms with van der Waals surface area (Å²) in [4.78, 5) is 11.9. The van der Waals surface area contributed by atoms with Gasteiger partial charge >= 0.3 is 0 Å². The highest BCUT2D eigenvalue weighted by Crippen LogP contribution is 2.26. The Kier molecular flexibility index (Phi) is 4.49. The zero-order valence-corrected chi connectivity index (χ0v) is 13.4. The van der Waals surface area contributed by atoms with E-state index >= 15 is 0 Å². The van der Waals surface area contributed by atoms with E-state index in [1.54, 1.807) is 13.0 Å². The van der Waals surface area contributed by atoms with Crippen molar-refractivity contribution in [1.29, 1.82) is 0 Å². The first kappa shape index (κ1) is 15.4. The van der Waals surface area contributed by atoms with Gasteiger partial charge in [0.15, 0.2) is 9.84 Å². The molecule has 1 atom stereocenters. The van der Waals surface area contributed by atoms with Gasteiger partial charge < -0.3 is 5.32 Å². The van der Waals surface area contributed by atoms with Crippen LogP contribution in [0.3, 0.4) is 0 Å². The first-order valence-electron chi connectivity index (χ1n) is 6.23. The van der Waals surface area contributed by atoms with Gasteiger partial charge in [-0.25, -0.2) is 12.8 Å². The smallest absolute Gasteiger partial charge is 0.224 e. The molecule has 1 N–H and O–H groups in total. The van der Waals surface area contributed by atoms with Gasteiger partial charge in [-0.1, -0.05) is 0 Å². The summed E-state index contributed by atoms with van der Waals surface area (Å²) >= 11 is 3.08. The molecule has 0 saturated carbocycles. The SMILES string of the molecule is Cc1cc(Br)c(F)cc1NC(=O)CC1CCS(=O)(=O)C1. The number of nitrogens with one attached hydrogen (secondary N) is 1. The first-order chi connectivity index (χ1) is 9.27. The lowest BCUT2D eigenvalue weighted by atomic mass is 10.0. The first-order valence-corrected chi connectivity index (χ1v) is 8.84. The number of amides is 1. The van der Waals surface area contributed by atoms with Crippen LogP contribution in [0.5, 0.6) is 0 Å². The molecule has 1 aromatic carbocycles. The fourth-order valence-corrected chi connectivity index (χ4v) is 4.60. The van der Waals surface area contributed by atoms with E-state index in [0.29, 0.717) is 16.6 Å². The third-order valence-corrected chi connectivity index (χ3v) is 5.79. The van der Waals surface area contributed by atoms with Crippen molar-refractivity contribution in [2.45, 2.75) is 19.8 Å². The predicted molar refractivity (Wildman–Crippen MR) is 78.8 cm³/mol. The van der Waals surface area contributed by atoms with Crippen molar-refractivity contribution in [2.24, 2.45) is 5.92 Å². The third kappa shape index (κ3) is 3.79. The number of carbonyl (C=O) groups excluding carboxylic acids is 1. The van der Waals surface area contributed by atoms with Crippen LogP contribution in [0, 0.1) is 18.7 Å². The van der Waals surface area contributed by atoms with Gasteiger partial charge in [-0.3, -0.25) is 4.79 Å². The number of hydrogen-bond acceptors (Lipinski definition) is 3. The molecule has 1 amide bonds. The molecule has 0 aromatic heterocycles. The predicted octanol–water partition coefficient (Wildman–Crippen LogP) is 2.66. The number of halogens is 2. The van der Waals surface area contributed by atoms with Crippen LogP contribution in [0.15, 0.2) is 16.6 Å². The van der Waals surface area contributed by atoms with Crippen LogP contribution in [-0.4, -0.2) is 25.8 Å². The molecule has 1 fully saturated rings. The number of sulfone groups is 1. The average Bonchev–Trinajstić information content (AvgIpc) is 2.65. The number of rotatable bonds is 3. The molecular weight excluding hydrogens is 349 g/mol. The number of aryl methyl sites for hydroxylation is 1. The Bertz CT molecular complexity index is 645. The lowest BCUT2D eigenvalue weighted by molar-refractivity contribution is -0.116. The minimum Gasteiger partial charge on any atom is -0.326 e. The minimum atomic E-state index is -2.98. The Hall–Kier alpha value is -0.950. The van der Waals surface area contributed by atoms with Crippen LogP contribution < -0.4 is 5.32 Å². The van der Waals surface area contributed by atoms with Gasteiger partial charge in [0, 0.05) is 12.1 Å². The van der Waals surface area contributed by atoms with E-state index in [9.17, 15) is 17.6 Å². The number of hydrogen-bond donors (Lipinski definition) is 1. The van der Waals surface area contributed by atoms with E-state index < -0.39 is 15.7 Å². The standard InChI is InChI=1S/C13H15BrFNO3S/c1-8-4-10(14)11(15)6-12(8)16-13(17)5-9-2-3-20(18,19)7-9/h4,6,9H,2-3,5,7H2,1H3,(H,16,17). The van der Waals surface area contributed by atoms with Gasteiger partial charge in [-0.2, -0.15) is 0 Å². The highest BCUT2D eigenvalue weighted by atomic mass is 79.9. The molecule has 0 radical (unpaired) electrons. The van der Waals surface area contributed by atoms with Crippen molar-refractivity contribution < 1.29 is 17.6 Å². The summed E-state index contributed by atoms with van der Waals surface area (Å²) in [6.07, 6.45) is 0.666. The van der Waals surface area contributed by atoms with Crippen LogP contribution in [-0.2, 0) is 14.6 Å². The minimum absolute atomic E-state index is 0.0636. The topological polar surface area (TPSA) is 63.2 Å². The van der Waals surface area contributed by atoms with Gasteiger partial charge in [0.1, 0.15) is 5.82 Å². The van der Waals surface area contributed by atoms with Crippen molar-refractivity contribution in [3.8, 4) is 0 Å². The molecule has 0 spiro atoms. The normalized spacial score (nSPS) is 20.9. The van der Waals surface area contributed by atoms with Gasteiger partial charge in [0.25, 0.3) is 0 Å². The maximum Gasteiger partial charge on any atom is 0.224 e. The van der Waals surface area contributed by atoms with Crippen molar-refractivity contribution in [1.82, 2.24) is 0 Å². The zero-order chi connectivity index (χ0) is 14.9. The zero-order valence-electron chi connectivity index (χ0n) is 10.9. The quantitative estimate of drug-likeness (QED) is 0.897. The summed E-state index contributed by atoms with van der Waals surface area (Å²) in [5.74, 6) is -0.655. The molecule has 20 heavy (non-hydrogen) atoms. The number of carbonyl (C=O) groups is 1. The summed E-state index contributed by atoms with van der Waals surface area (Å²) in [5, 5.41) is 2.64. The summed E-state index contributed by atoms with van der Waals surface area (Å²) in [6, 6.07) is 2.84. The monoisotopic (exact) mass is 363 g/mol. The number of anilines is 1. The Balaban J connectivity index is 2.00. The molecule has 4 nitrogen and oxygen atoms in total. The van der Waals surface area contributed by atoms with Crippen molar-refractivity contribution in [3.63, 3.8) is 0 Å². The lowest BCUT2D eigenvalue weighted by Crippen LogP contribution is -2.18. The van der Waals surface area contributed by atoms with E-state index in [1.807, 2.05) is 0 Å². The molecule has 0 aliphatic carbocycles. The molecule has 1 heterocycles. The van der Waals surface area contributed by atoms with E-state index in [4.69, 9.17) is 0 Å². The summed E-state index contributed by atoms with van der Waals surface area (Å²) < 4.78 is 36.4. The second-order valence-corrected chi connectivity index (χ2v) is 8.19. The van der Waals surface area contributed by atoms with Crippen molar-refractivity contribution >= 4 is 37.4 Å². The molecule has 1 unspecified atom stereocenters. The second-order valence-electron chi connectivity index (χ2n) is 5.10. The summed E-state index contributed by atoms with van der Waals surface area (Å²) in [5.41, 5.74) is 1.15. The lowest BCUT2D eigenvalue weighted by Gasteiger charge is -2.11. The molecule has 1 aromatic rings. The van der Waals surface area contributed by atoms with Gasteiger partial charge in [0.2, 0.25) is 5.91 Å². The maximum absolute atomic E-state index is 13.4. The highest BCUT2D eigenvalue weighted by molar-refractivity contribution is 9.10. The largest absolute Gasteiger partial charge is 0.326 e. The van der Waals surface area contributed by atoms with Gasteiger partial charge in [-0.05, 0) is 52.9 Å². The van der Waals surface area contributed by atoms with Crippen LogP contribution >= 0.6 is 15.9 Å². The summed E-state index contributed by atoms with van der Waals surface area (Å²) in [6.45, 7) is 1.76. The van der Waals surface area contributed by atoms with Gasteiger partial charge in [0.05, 0.1) is 16.0 Å². The third-order valence-electron chi connectivity index (χ3n) is 3.34. The number of benzene rings is 1. The van der Waals surface area contributed by atoms with Crippen LogP contribution in [0.2, 0.25) is 0 Å². The molecule has 110 valence electrons. The van der Waals surface area contributed by atoms with Crippen LogP contribution in [0.25, 0.3) is 0 Å². The fourth-order valence-electron chi connectivity index (χ4n) is 2.28. The van der Waals surface area contributed by atoms with Crippen LogP contribution in [0.1, 0.15) is 18.4 Å². The Morgan fingerprint density at radius 3 is 2.80 bits per heavy atom. The van der Waals surface area contributed by atoms with Crippen molar-refractivity contribution in [2.75, 3.05) is 16.8 Å². The van der Waals surface area contributed by atoms with Gasteiger partial charge in [-0.15, -0.1) is 0 Å². The molecule has 1 aliphatic rings. The molecule has 1 saturated heterocycles. The van der Waals surface area contributed by atoms with E-state index in [-0.39, 0.29) is 29.8 Å². The fraction of sp³-hybridized carbons (Fsp3) is 0.462. The Morgan fingerprint density at radius 2 is 2.20 bits per heavy atom.